The van der Waals surface area contributed by atoms with Crippen LogP contribution in [0.15, 0.2) is 24.5 Å². The molecule has 0 aromatic carbocycles. The van der Waals surface area contributed by atoms with E-state index in [0.717, 1.165) is 5.92 Å². The molecule has 0 saturated heterocycles. The molecule has 2 atom stereocenters. The summed E-state index contributed by atoms with van der Waals surface area (Å²) in [6.45, 7) is 2.32. The predicted octanol–water partition coefficient (Wildman–Crippen LogP) is 3.85. The molecule has 1 fully saturated rings. The van der Waals surface area contributed by atoms with Crippen LogP contribution in [0.5, 0.6) is 0 Å². The summed E-state index contributed by atoms with van der Waals surface area (Å²) in [7, 11) is 0. The number of hydrogen-bond donors (Lipinski definition) is 1. The van der Waals surface area contributed by atoms with Crippen molar-refractivity contribution in [1.29, 1.82) is 0 Å². The lowest BCUT2D eigenvalue weighted by atomic mass is 9.98. The summed E-state index contributed by atoms with van der Waals surface area (Å²) in [5.41, 5.74) is 1.17. The zero-order chi connectivity index (χ0) is 11.2. The minimum atomic E-state index is 0.653. The zero-order valence-corrected chi connectivity index (χ0v) is 10.2. The maximum absolute atomic E-state index is 4.14. The van der Waals surface area contributed by atoms with Crippen molar-refractivity contribution in [1.82, 2.24) is 4.98 Å². The van der Waals surface area contributed by atoms with E-state index in [0.29, 0.717) is 6.04 Å². The summed E-state index contributed by atoms with van der Waals surface area (Å²) in [6.07, 6.45) is 11.9. The smallest absolute Gasteiger partial charge is 0.0528 e. The second-order valence-electron chi connectivity index (χ2n) is 4.87. The van der Waals surface area contributed by atoms with Crippen molar-refractivity contribution in [2.45, 2.75) is 51.5 Å². The van der Waals surface area contributed by atoms with E-state index in [1.165, 1.54) is 44.2 Å². The average Bonchev–Trinajstić information content (AvgIpc) is 2.56. The van der Waals surface area contributed by atoms with Crippen LogP contribution < -0.4 is 5.32 Å². The summed E-state index contributed by atoms with van der Waals surface area (Å²) in [6, 6.07) is 4.75. The van der Waals surface area contributed by atoms with Gasteiger partial charge in [-0.25, -0.2) is 0 Å². The van der Waals surface area contributed by atoms with Gasteiger partial charge in [-0.2, -0.15) is 0 Å². The Bertz CT molecular complexity index is 297. The first-order valence-electron chi connectivity index (χ1n) is 6.55. The number of hydrogen-bond acceptors (Lipinski definition) is 2. The molecule has 1 aliphatic carbocycles. The van der Waals surface area contributed by atoms with Crippen LogP contribution in [0, 0.1) is 5.92 Å². The number of anilines is 1. The highest BCUT2D eigenvalue weighted by Gasteiger charge is 2.17. The lowest BCUT2D eigenvalue weighted by molar-refractivity contribution is 0.444. The van der Waals surface area contributed by atoms with E-state index in [4.69, 9.17) is 0 Å². The van der Waals surface area contributed by atoms with Gasteiger partial charge in [0.15, 0.2) is 0 Å². The molecule has 1 heterocycles. The monoisotopic (exact) mass is 218 g/mol. The second kappa shape index (κ2) is 5.88. The first kappa shape index (κ1) is 11.4. The average molecular weight is 218 g/mol. The normalized spacial score (nSPS) is 26.1. The van der Waals surface area contributed by atoms with Crippen molar-refractivity contribution in [3.8, 4) is 0 Å². The second-order valence-corrected chi connectivity index (χ2v) is 4.87. The summed E-state index contributed by atoms with van der Waals surface area (Å²) in [5, 5.41) is 3.60. The highest BCUT2D eigenvalue weighted by molar-refractivity contribution is 5.40. The molecule has 0 radical (unpaired) electrons. The van der Waals surface area contributed by atoms with Crippen LogP contribution >= 0.6 is 0 Å². The van der Waals surface area contributed by atoms with E-state index in [2.05, 4.69) is 23.3 Å². The SMILES string of the molecule is CCC1CCCC(Nc2cccnc2)CC1. The van der Waals surface area contributed by atoms with Crippen molar-refractivity contribution >= 4 is 5.69 Å². The third kappa shape index (κ3) is 3.22. The molecule has 1 aromatic rings. The molecule has 1 aromatic heterocycles. The Morgan fingerprint density at radius 1 is 1.31 bits per heavy atom. The Morgan fingerprint density at radius 2 is 2.25 bits per heavy atom. The van der Waals surface area contributed by atoms with E-state index >= 15 is 0 Å². The van der Waals surface area contributed by atoms with Crippen molar-refractivity contribution in [2.24, 2.45) is 5.92 Å². The van der Waals surface area contributed by atoms with E-state index < -0.39 is 0 Å². The van der Waals surface area contributed by atoms with Crippen LogP contribution in [0.4, 0.5) is 5.69 Å². The first-order chi connectivity index (χ1) is 7.88. The molecule has 2 rings (SSSR count). The quantitative estimate of drug-likeness (QED) is 0.779. The number of nitrogens with one attached hydrogen (secondary N) is 1. The number of pyridine rings is 1. The van der Waals surface area contributed by atoms with Crippen molar-refractivity contribution in [3.63, 3.8) is 0 Å². The third-order valence-corrected chi connectivity index (χ3v) is 3.70. The van der Waals surface area contributed by atoms with Crippen molar-refractivity contribution < 1.29 is 0 Å². The Kier molecular flexibility index (Phi) is 4.20. The summed E-state index contributed by atoms with van der Waals surface area (Å²) in [5.74, 6) is 0.959. The Hall–Kier alpha value is -1.05. The summed E-state index contributed by atoms with van der Waals surface area (Å²) in [4.78, 5) is 4.14. The van der Waals surface area contributed by atoms with Gasteiger partial charge in [0.25, 0.3) is 0 Å². The molecule has 0 bridgehead atoms. The van der Waals surface area contributed by atoms with Gasteiger partial charge in [0.05, 0.1) is 5.69 Å². The zero-order valence-electron chi connectivity index (χ0n) is 10.2. The van der Waals surface area contributed by atoms with Gasteiger partial charge in [-0.05, 0) is 37.3 Å². The maximum Gasteiger partial charge on any atom is 0.0528 e. The molecule has 0 spiro atoms. The van der Waals surface area contributed by atoms with Gasteiger partial charge in [-0.3, -0.25) is 4.98 Å². The molecule has 0 aliphatic heterocycles. The molecule has 88 valence electrons. The third-order valence-electron chi connectivity index (χ3n) is 3.70. The largest absolute Gasteiger partial charge is 0.381 e. The van der Waals surface area contributed by atoms with Gasteiger partial charge in [-0.1, -0.05) is 26.2 Å². The Balaban J connectivity index is 1.86. The Labute approximate surface area is 98.5 Å². The highest BCUT2D eigenvalue weighted by Crippen LogP contribution is 2.27. The fraction of sp³-hybridized carbons (Fsp3) is 0.643. The van der Waals surface area contributed by atoms with E-state index in [1.54, 1.807) is 0 Å². The van der Waals surface area contributed by atoms with Crippen molar-refractivity contribution in [2.75, 3.05) is 5.32 Å². The van der Waals surface area contributed by atoms with Crippen LogP contribution in [0.3, 0.4) is 0 Å². The minimum Gasteiger partial charge on any atom is -0.381 e. The summed E-state index contributed by atoms with van der Waals surface area (Å²) >= 11 is 0. The van der Waals surface area contributed by atoms with E-state index in [9.17, 15) is 0 Å². The van der Waals surface area contributed by atoms with Crippen LogP contribution in [0.1, 0.15) is 45.4 Å². The molecule has 2 unspecified atom stereocenters. The molecule has 2 heteroatoms. The molecule has 1 saturated carbocycles. The molecule has 2 nitrogen and oxygen atoms in total. The van der Waals surface area contributed by atoms with Gasteiger partial charge >= 0.3 is 0 Å². The fourth-order valence-corrected chi connectivity index (χ4v) is 2.61. The predicted molar refractivity (Wildman–Crippen MR) is 68.5 cm³/mol. The maximum atomic E-state index is 4.14. The van der Waals surface area contributed by atoms with Crippen molar-refractivity contribution in [3.05, 3.63) is 24.5 Å². The summed E-state index contributed by atoms with van der Waals surface area (Å²) < 4.78 is 0. The van der Waals surface area contributed by atoms with Gasteiger partial charge in [0.1, 0.15) is 0 Å². The topological polar surface area (TPSA) is 24.9 Å². The highest BCUT2D eigenvalue weighted by atomic mass is 14.9. The standard InChI is InChI=1S/C14H22N2/c1-2-12-5-3-6-13(9-8-12)16-14-7-4-10-15-11-14/h4,7,10-13,16H,2-3,5-6,8-9H2,1H3. The molecular formula is C14H22N2. The first-order valence-corrected chi connectivity index (χ1v) is 6.55. The van der Waals surface area contributed by atoms with Crippen LogP contribution in [0.25, 0.3) is 0 Å². The van der Waals surface area contributed by atoms with E-state index in [1.807, 2.05) is 18.5 Å². The van der Waals surface area contributed by atoms with Gasteiger partial charge in [0, 0.05) is 18.4 Å². The van der Waals surface area contributed by atoms with Crippen LogP contribution in [-0.2, 0) is 0 Å². The minimum absolute atomic E-state index is 0.653. The van der Waals surface area contributed by atoms with E-state index in [-0.39, 0.29) is 0 Å². The van der Waals surface area contributed by atoms with Gasteiger partial charge < -0.3 is 5.32 Å². The van der Waals surface area contributed by atoms with Crippen LogP contribution in [-0.4, -0.2) is 11.0 Å². The molecule has 16 heavy (non-hydrogen) atoms. The Morgan fingerprint density at radius 3 is 3.00 bits per heavy atom. The number of aromatic nitrogens is 1. The van der Waals surface area contributed by atoms with Gasteiger partial charge in [-0.15, -0.1) is 0 Å². The lowest BCUT2D eigenvalue weighted by Crippen LogP contribution is -2.18. The number of rotatable bonds is 3. The lowest BCUT2D eigenvalue weighted by Gasteiger charge is -2.17. The van der Waals surface area contributed by atoms with Crippen LogP contribution in [0.2, 0.25) is 0 Å². The molecule has 0 amide bonds. The molecular weight excluding hydrogens is 196 g/mol. The van der Waals surface area contributed by atoms with Gasteiger partial charge in [0.2, 0.25) is 0 Å². The molecule has 1 aliphatic rings. The fourth-order valence-electron chi connectivity index (χ4n) is 2.61. The molecule has 1 N–H and O–H groups in total. The number of nitrogens with zero attached hydrogens (tertiary/aromatic N) is 1.